The average Bonchev–Trinajstić information content (AvgIpc) is 2.44. The summed E-state index contributed by atoms with van der Waals surface area (Å²) in [4.78, 5) is 11.7. The van der Waals surface area contributed by atoms with Crippen LogP contribution in [0.3, 0.4) is 0 Å². The highest BCUT2D eigenvalue weighted by atomic mass is 79.9. The number of benzene rings is 1. The number of methoxy groups -OCH3 is 1. The largest absolute Gasteiger partial charge is 0.482 e. The van der Waals surface area contributed by atoms with Crippen molar-refractivity contribution in [1.29, 1.82) is 0 Å². The van der Waals surface area contributed by atoms with Gasteiger partial charge in [-0.25, -0.2) is 0 Å². The first-order valence-electron chi connectivity index (χ1n) is 6.93. The van der Waals surface area contributed by atoms with Crippen molar-refractivity contribution in [1.82, 2.24) is 10.6 Å². The fourth-order valence-corrected chi connectivity index (χ4v) is 2.17. The lowest BCUT2D eigenvalue weighted by Crippen LogP contribution is -2.31. The number of para-hydroxylation sites is 1. The van der Waals surface area contributed by atoms with Crippen LogP contribution < -0.4 is 15.4 Å². The van der Waals surface area contributed by atoms with E-state index in [1.165, 1.54) is 0 Å². The van der Waals surface area contributed by atoms with Crippen LogP contribution >= 0.6 is 15.9 Å². The Morgan fingerprint density at radius 2 is 2.14 bits per heavy atom. The number of rotatable bonds is 9. The number of nitrogens with one attached hydrogen (secondary N) is 2. The fraction of sp³-hybridized carbons (Fsp3) is 0.533. The number of amides is 1. The van der Waals surface area contributed by atoms with Gasteiger partial charge in [0, 0.05) is 31.8 Å². The zero-order valence-electron chi connectivity index (χ0n) is 12.7. The molecule has 5 nitrogen and oxygen atoms in total. The quantitative estimate of drug-likeness (QED) is 0.663. The number of hydrogen-bond donors (Lipinski definition) is 2. The van der Waals surface area contributed by atoms with Crippen LogP contribution in [0.25, 0.3) is 0 Å². The van der Waals surface area contributed by atoms with Gasteiger partial charge in [0.1, 0.15) is 5.75 Å². The Morgan fingerprint density at radius 1 is 1.38 bits per heavy atom. The van der Waals surface area contributed by atoms with E-state index in [0.29, 0.717) is 31.5 Å². The summed E-state index contributed by atoms with van der Waals surface area (Å²) in [7, 11) is 1.59. The summed E-state index contributed by atoms with van der Waals surface area (Å²) in [6.07, 6.45) is 0. The van der Waals surface area contributed by atoms with Gasteiger partial charge in [0.2, 0.25) is 0 Å². The van der Waals surface area contributed by atoms with E-state index in [1.54, 1.807) is 7.11 Å². The smallest absolute Gasteiger partial charge is 0.258 e. The third-order valence-electron chi connectivity index (χ3n) is 2.73. The van der Waals surface area contributed by atoms with Gasteiger partial charge in [-0.15, -0.1) is 0 Å². The molecule has 0 unspecified atom stereocenters. The molecule has 0 aliphatic rings. The summed E-state index contributed by atoms with van der Waals surface area (Å²) in [6.45, 7) is 5.82. The number of carbonyl (C=O) groups excluding carboxylic acids is 1. The Labute approximate surface area is 134 Å². The fourth-order valence-electron chi connectivity index (χ4n) is 1.65. The van der Waals surface area contributed by atoms with Crippen LogP contribution in [0.1, 0.15) is 19.4 Å². The molecule has 0 radical (unpaired) electrons. The number of halogens is 1. The first-order valence-corrected chi connectivity index (χ1v) is 7.73. The normalized spacial score (nSPS) is 10.7. The lowest BCUT2D eigenvalue weighted by atomic mass is 10.2. The minimum Gasteiger partial charge on any atom is -0.482 e. The van der Waals surface area contributed by atoms with Crippen molar-refractivity contribution in [3.8, 4) is 5.75 Å². The van der Waals surface area contributed by atoms with E-state index >= 15 is 0 Å². The van der Waals surface area contributed by atoms with E-state index in [2.05, 4.69) is 40.4 Å². The molecule has 1 aromatic carbocycles. The maximum absolute atomic E-state index is 11.7. The Kier molecular flexibility index (Phi) is 8.34. The van der Waals surface area contributed by atoms with Gasteiger partial charge in [0.05, 0.1) is 11.1 Å². The molecule has 2 N–H and O–H groups in total. The van der Waals surface area contributed by atoms with Gasteiger partial charge in [-0.05, 0) is 22.0 Å². The topological polar surface area (TPSA) is 59.6 Å². The zero-order valence-corrected chi connectivity index (χ0v) is 14.3. The minimum atomic E-state index is -0.162. The SMILES string of the molecule is COCCNC(=O)COc1c(Br)cccc1CNC(C)C. The molecule has 1 amide bonds. The summed E-state index contributed by atoms with van der Waals surface area (Å²) in [5, 5.41) is 6.06. The van der Waals surface area contributed by atoms with Crippen LogP contribution in [-0.4, -0.2) is 38.8 Å². The monoisotopic (exact) mass is 358 g/mol. The number of ether oxygens (including phenoxy) is 2. The van der Waals surface area contributed by atoms with E-state index in [1.807, 2.05) is 18.2 Å². The number of carbonyl (C=O) groups is 1. The third kappa shape index (κ3) is 6.93. The van der Waals surface area contributed by atoms with Crippen molar-refractivity contribution in [2.45, 2.75) is 26.4 Å². The highest BCUT2D eigenvalue weighted by molar-refractivity contribution is 9.10. The summed E-state index contributed by atoms with van der Waals surface area (Å²) in [5.41, 5.74) is 1.02. The van der Waals surface area contributed by atoms with Gasteiger partial charge in [-0.2, -0.15) is 0 Å². The molecule has 0 bridgehead atoms. The molecule has 0 heterocycles. The first kappa shape index (κ1) is 17.9. The molecule has 21 heavy (non-hydrogen) atoms. The van der Waals surface area contributed by atoms with Gasteiger partial charge in [0.15, 0.2) is 6.61 Å². The Balaban J connectivity index is 2.58. The summed E-state index contributed by atoms with van der Waals surface area (Å²) < 4.78 is 11.4. The second-order valence-electron chi connectivity index (χ2n) is 4.90. The van der Waals surface area contributed by atoms with E-state index in [4.69, 9.17) is 9.47 Å². The Hall–Kier alpha value is -1.11. The molecular formula is C15H23BrN2O3. The van der Waals surface area contributed by atoms with E-state index in [-0.39, 0.29) is 12.5 Å². The molecule has 0 aliphatic heterocycles. The molecule has 6 heteroatoms. The van der Waals surface area contributed by atoms with E-state index < -0.39 is 0 Å². The maximum atomic E-state index is 11.7. The van der Waals surface area contributed by atoms with Crippen molar-refractivity contribution < 1.29 is 14.3 Å². The molecule has 0 atom stereocenters. The summed E-state index contributed by atoms with van der Waals surface area (Å²) in [6, 6.07) is 6.22. The molecule has 0 saturated heterocycles. The molecule has 118 valence electrons. The van der Waals surface area contributed by atoms with Gasteiger partial charge in [-0.3, -0.25) is 4.79 Å². The van der Waals surface area contributed by atoms with E-state index in [0.717, 1.165) is 10.0 Å². The number of hydrogen-bond acceptors (Lipinski definition) is 4. The molecule has 1 aromatic rings. The lowest BCUT2D eigenvalue weighted by Gasteiger charge is -2.15. The molecule has 0 aliphatic carbocycles. The van der Waals surface area contributed by atoms with Crippen molar-refractivity contribution in [2.75, 3.05) is 26.9 Å². The van der Waals surface area contributed by atoms with Crippen molar-refractivity contribution >= 4 is 21.8 Å². The Morgan fingerprint density at radius 3 is 2.81 bits per heavy atom. The van der Waals surface area contributed by atoms with Gasteiger partial charge in [0.25, 0.3) is 5.91 Å². The standard InChI is InChI=1S/C15H23BrN2O3/c1-11(2)18-9-12-5-4-6-13(16)15(12)21-10-14(19)17-7-8-20-3/h4-6,11,18H,7-10H2,1-3H3,(H,17,19). The Bertz CT molecular complexity index is 453. The minimum absolute atomic E-state index is 0.0129. The zero-order chi connectivity index (χ0) is 15.7. The molecular weight excluding hydrogens is 336 g/mol. The van der Waals surface area contributed by atoms with Crippen LogP contribution in [0.2, 0.25) is 0 Å². The maximum Gasteiger partial charge on any atom is 0.258 e. The predicted octanol–water partition coefficient (Wildman–Crippen LogP) is 2.09. The van der Waals surface area contributed by atoms with E-state index in [9.17, 15) is 4.79 Å². The predicted molar refractivity (Wildman–Crippen MR) is 86.5 cm³/mol. The van der Waals surface area contributed by atoms with Gasteiger partial charge >= 0.3 is 0 Å². The van der Waals surface area contributed by atoms with Gasteiger partial charge in [-0.1, -0.05) is 26.0 Å². The molecule has 0 spiro atoms. The second-order valence-corrected chi connectivity index (χ2v) is 5.75. The van der Waals surface area contributed by atoms with Crippen LogP contribution in [0.4, 0.5) is 0 Å². The average molecular weight is 359 g/mol. The van der Waals surface area contributed by atoms with Crippen molar-refractivity contribution in [3.05, 3.63) is 28.2 Å². The second kappa shape index (κ2) is 9.76. The van der Waals surface area contributed by atoms with Crippen molar-refractivity contribution in [2.24, 2.45) is 0 Å². The summed E-state index contributed by atoms with van der Waals surface area (Å²) >= 11 is 3.46. The van der Waals surface area contributed by atoms with Crippen molar-refractivity contribution in [3.63, 3.8) is 0 Å². The molecule has 0 aromatic heterocycles. The highest BCUT2D eigenvalue weighted by Crippen LogP contribution is 2.29. The third-order valence-corrected chi connectivity index (χ3v) is 3.35. The lowest BCUT2D eigenvalue weighted by molar-refractivity contribution is -0.123. The molecule has 0 saturated carbocycles. The van der Waals surface area contributed by atoms with Gasteiger partial charge < -0.3 is 20.1 Å². The molecule has 0 fully saturated rings. The van der Waals surface area contributed by atoms with Crippen LogP contribution in [0, 0.1) is 0 Å². The first-order chi connectivity index (χ1) is 10.0. The highest BCUT2D eigenvalue weighted by Gasteiger charge is 2.10. The van der Waals surface area contributed by atoms with Crippen LogP contribution in [0.15, 0.2) is 22.7 Å². The van der Waals surface area contributed by atoms with Crippen LogP contribution in [0.5, 0.6) is 5.75 Å². The summed E-state index contributed by atoms with van der Waals surface area (Å²) in [5.74, 6) is 0.540. The molecule has 1 rings (SSSR count). The van der Waals surface area contributed by atoms with Crippen LogP contribution in [-0.2, 0) is 16.1 Å².